The van der Waals surface area contributed by atoms with Crippen molar-refractivity contribution in [2.24, 2.45) is 0 Å². The van der Waals surface area contributed by atoms with Crippen molar-refractivity contribution < 1.29 is 13.6 Å². The molecular weight excluding hydrogens is 401 g/mol. The summed E-state index contributed by atoms with van der Waals surface area (Å²) in [5.74, 6) is -0.206. The molecule has 0 aliphatic heterocycles. The third-order valence-electron chi connectivity index (χ3n) is 4.59. The Bertz CT molecular complexity index is 1220. The lowest BCUT2D eigenvalue weighted by Gasteiger charge is -2.09. The van der Waals surface area contributed by atoms with Crippen LogP contribution in [0.2, 0.25) is 0 Å². The molecule has 0 bridgehead atoms. The number of halogens is 1. The highest BCUT2D eigenvalue weighted by molar-refractivity contribution is 7.80. The van der Waals surface area contributed by atoms with Crippen LogP contribution in [0.15, 0.2) is 71.1 Å². The fourth-order valence-electron chi connectivity index (χ4n) is 2.95. The zero-order valence-corrected chi connectivity index (χ0v) is 16.9. The molecule has 7 heteroatoms. The van der Waals surface area contributed by atoms with Gasteiger partial charge in [-0.15, -0.1) is 0 Å². The zero-order chi connectivity index (χ0) is 21.1. The molecule has 0 fully saturated rings. The number of rotatable bonds is 4. The third kappa shape index (κ3) is 4.36. The van der Waals surface area contributed by atoms with Crippen molar-refractivity contribution in [3.05, 3.63) is 83.7 Å². The van der Waals surface area contributed by atoms with Gasteiger partial charge in [0.05, 0.1) is 0 Å². The largest absolute Gasteiger partial charge is 0.436 e. The van der Waals surface area contributed by atoms with E-state index in [2.05, 4.69) is 22.5 Å². The summed E-state index contributed by atoms with van der Waals surface area (Å²) in [5.41, 5.74) is 4.24. The van der Waals surface area contributed by atoms with Crippen molar-refractivity contribution in [3.63, 3.8) is 0 Å². The van der Waals surface area contributed by atoms with Gasteiger partial charge in [0, 0.05) is 16.8 Å². The molecule has 0 aliphatic rings. The fourth-order valence-corrected chi connectivity index (χ4v) is 3.16. The van der Waals surface area contributed by atoms with Crippen molar-refractivity contribution in [1.29, 1.82) is 0 Å². The molecule has 0 aliphatic carbocycles. The molecule has 1 amide bonds. The molecule has 0 spiro atoms. The number of thiocarbonyl (C=S) groups is 1. The number of nitrogens with zero attached hydrogens (tertiary/aromatic N) is 1. The first-order valence-corrected chi connectivity index (χ1v) is 9.80. The van der Waals surface area contributed by atoms with Gasteiger partial charge in [0.25, 0.3) is 5.91 Å². The molecule has 0 radical (unpaired) electrons. The van der Waals surface area contributed by atoms with Crippen LogP contribution < -0.4 is 10.6 Å². The van der Waals surface area contributed by atoms with Crippen LogP contribution in [0.4, 0.5) is 10.1 Å². The van der Waals surface area contributed by atoms with Crippen molar-refractivity contribution in [2.45, 2.75) is 13.3 Å². The number of hydrogen-bond acceptors (Lipinski definition) is 4. The first-order chi connectivity index (χ1) is 14.5. The van der Waals surface area contributed by atoms with Crippen LogP contribution in [-0.4, -0.2) is 16.0 Å². The minimum atomic E-state index is -0.321. The minimum absolute atomic E-state index is 0.182. The van der Waals surface area contributed by atoms with Crippen molar-refractivity contribution in [3.8, 4) is 11.5 Å². The van der Waals surface area contributed by atoms with E-state index in [9.17, 15) is 9.18 Å². The maximum Gasteiger partial charge on any atom is 0.257 e. The monoisotopic (exact) mass is 419 g/mol. The Balaban J connectivity index is 1.45. The summed E-state index contributed by atoms with van der Waals surface area (Å²) in [7, 11) is 0. The Labute approximate surface area is 177 Å². The molecule has 0 unspecified atom stereocenters. The number of oxazole rings is 1. The summed E-state index contributed by atoms with van der Waals surface area (Å²) < 4.78 is 18.8. The highest BCUT2D eigenvalue weighted by atomic mass is 32.1. The average Bonchev–Trinajstić information content (AvgIpc) is 3.17. The molecule has 4 rings (SSSR count). The van der Waals surface area contributed by atoms with Crippen LogP contribution in [0.5, 0.6) is 0 Å². The van der Waals surface area contributed by atoms with Gasteiger partial charge < -0.3 is 9.73 Å². The van der Waals surface area contributed by atoms with Crippen LogP contribution in [0.3, 0.4) is 0 Å². The SMILES string of the molecule is CCc1ccc(C(=O)NC(=S)Nc2ccc3oc(-c4ccc(F)cc4)nc3c2)cc1. The lowest BCUT2D eigenvalue weighted by Crippen LogP contribution is -2.34. The van der Waals surface area contributed by atoms with E-state index in [0.29, 0.717) is 33.8 Å². The van der Waals surface area contributed by atoms with Gasteiger partial charge in [-0.2, -0.15) is 0 Å². The normalized spacial score (nSPS) is 10.7. The van der Waals surface area contributed by atoms with Crippen LogP contribution in [0.25, 0.3) is 22.6 Å². The maximum atomic E-state index is 13.1. The Morgan fingerprint density at radius 1 is 1.07 bits per heavy atom. The van der Waals surface area contributed by atoms with E-state index < -0.39 is 0 Å². The second kappa shape index (κ2) is 8.42. The number of benzene rings is 3. The van der Waals surface area contributed by atoms with Gasteiger partial charge in [-0.05, 0) is 78.8 Å². The molecule has 2 N–H and O–H groups in total. The van der Waals surface area contributed by atoms with Gasteiger partial charge in [-0.3, -0.25) is 10.1 Å². The second-order valence-electron chi connectivity index (χ2n) is 6.67. The maximum absolute atomic E-state index is 13.1. The summed E-state index contributed by atoms with van der Waals surface area (Å²) in [6, 6.07) is 18.6. The predicted octanol–water partition coefficient (Wildman–Crippen LogP) is 5.32. The predicted molar refractivity (Wildman–Crippen MR) is 119 cm³/mol. The number of aromatic nitrogens is 1. The molecule has 0 saturated carbocycles. The number of carbonyl (C=O) groups is 1. The topological polar surface area (TPSA) is 67.2 Å². The molecule has 0 atom stereocenters. The van der Waals surface area contributed by atoms with Crippen LogP contribution >= 0.6 is 12.2 Å². The first-order valence-electron chi connectivity index (χ1n) is 9.39. The number of anilines is 1. The number of nitrogens with one attached hydrogen (secondary N) is 2. The Kier molecular flexibility index (Phi) is 5.54. The van der Waals surface area contributed by atoms with Crippen LogP contribution in [-0.2, 0) is 6.42 Å². The molecule has 3 aromatic carbocycles. The molecule has 5 nitrogen and oxygen atoms in total. The fraction of sp³-hybridized carbons (Fsp3) is 0.0870. The molecule has 0 saturated heterocycles. The molecule has 30 heavy (non-hydrogen) atoms. The smallest absolute Gasteiger partial charge is 0.257 e. The quantitative estimate of drug-likeness (QED) is 0.438. The van der Waals surface area contributed by atoms with Crippen molar-refractivity contribution >= 4 is 40.0 Å². The van der Waals surface area contributed by atoms with Gasteiger partial charge in [0.15, 0.2) is 10.7 Å². The molecule has 4 aromatic rings. The van der Waals surface area contributed by atoms with E-state index >= 15 is 0 Å². The van der Waals surface area contributed by atoms with E-state index in [1.54, 1.807) is 42.5 Å². The Morgan fingerprint density at radius 2 is 1.80 bits per heavy atom. The first kappa shape index (κ1) is 19.7. The lowest BCUT2D eigenvalue weighted by atomic mass is 10.1. The van der Waals surface area contributed by atoms with E-state index in [4.69, 9.17) is 16.6 Å². The summed E-state index contributed by atoms with van der Waals surface area (Å²) in [4.78, 5) is 16.8. The number of hydrogen-bond donors (Lipinski definition) is 2. The molecule has 150 valence electrons. The molecule has 1 aromatic heterocycles. The lowest BCUT2D eigenvalue weighted by molar-refractivity contribution is 0.0977. The molecular formula is C23H18FN3O2S. The summed E-state index contributed by atoms with van der Waals surface area (Å²) >= 11 is 5.26. The summed E-state index contributed by atoms with van der Waals surface area (Å²) in [6.45, 7) is 2.06. The van der Waals surface area contributed by atoms with Gasteiger partial charge in [0.2, 0.25) is 5.89 Å². The van der Waals surface area contributed by atoms with E-state index in [0.717, 1.165) is 12.0 Å². The minimum Gasteiger partial charge on any atom is -0.436 e. The van der Waals surface area contributed by atoms with Gasteiger partial charge in [-0.25, -0.2) is 9.37 Å². The van der Waals surface area contributed by atoms with Gasteiger partial charge in [-0.1, -0.05) is 19.1 Å². The van der Waals surface area contributed by atoms with Crippen molar-refractivity contribution in [1.82, 2.24) is 10.3 Å². The van der Waals surface area contributed by atoms with E-state index in [1.807, 2.05) is 12.1 Å². The number of aryl methyl sites for hydroxylation is 1. The van der Waals surface area contributed by atoms with Crippen LogP contribution in [0.1, 0.15) is 22.8 Å². The van der Waals surface area contributed by atoms with Gasteiger partial charge >= 0.3 is 0 Å². The van der Waals surface area contributed by atoms with Crippen LogP contribution in [0, 0.1) is 5.82 Å². The zero-order valence-electron chi connectivity index (χ0n) is 16.1. The number of carbonyl (C=O) groups excluding carboxylic acids is 1. The summed E-state index contributed by atoms with van der Waals surface area (Å²) in [6.07, 6.45) is 0.912. The van der Waals surface area contributed by atoms with Gasteiger partial charge in [0.1, 0.15) is 11.3 Å². The van der Waals surface area contributed by atoms with E-state index in [-0.39, 0.29) is 16.8 Å². The standard InChI is InChI=1S/C23H18FN3O2S/c1-2-14-3-5-15(6-4-14)21(28)27-23(30)25-18-11-12-20-19(13-18)26-22(29-20)16-7-9-17(24)10-8-16/h3-13H,2H2,1H3,(H2,25,27,28,30). The Hall–Kier alpha value is -3.58. The number of amides is 1. The highest BCUT2D eigenvalue weighted by Crippen LogP contribution is 2.26. The highest BCUT2D eigenvalue weighted by Gasteiger charge is 2.11. The third-order valence-corrected chi connectivity index (χ3v) is 4.79. The number of fused-ring (bicyclic) bond motifs is 1. The summed E-state index contributed by atoms with van der Waals surface area (Å²) in [5, 5.41) is 5.83. The van der Waals surface area contributed by atoms with E-state index in [1.165, 1.54) is 12.1 Å². The van der Waals surface area contributed by atoms with Crippen molar-refractivity contribution in [2.75, 3.05) is 5.32 Å². The second-order valence-corrected chi connectivity index (χ2v) is 7.08. The Morgan fingerprint density at radius 3 is 2.50 bits per heavy atom. The molecule has 1 heterocycles. The average molecular weight is 419 g/mol.